The molecule has 2 heterocycles. The Labute approximate surface area is 127 Å². The average molecular weight is 292 g/mol. The van der Waals surface area contributed by atoms with E-state index in [9.17, 15) is 9.59 Å². The van der Waals surface area contributed by atoms with E-state index in [4.69, 9.17) is 0 Å². The topological polar surface area (TPSA) is 40.6 Å². The predicted octanol–water partition coefficient (Wildman–Crippen LogP) is 2.63. The lowest BCUT2D eigenvalue weighted by Gasteiger charge is -2.48. The van der Waals surface area contributed by atoms with Gasteiger partial charge in [-0.2, -0.15) is 0 Å². The number of carbonyl (C=O) groups is 2. The molecule has 0 aromatic heterocycles. The molecule has 21 heavy (non-hydrogen) atoms. The number of imide groups is 1. The third-order valence-corrected chi connectivity index (χ3v) is 6.55. The lowest BCUT2D eigenvalue weighted by Crippen LogP contribution is -2.61. The van der Waals surface area contributed by atoms with Crippen LogP contribution in [0, 0.1) is 16.7 Å². The Bertz CT molecular complexity index is 452. The molecule has 1 saturated carbocycles. The summed E-state index contributed by atoms with van der Waals surface area (Å²) in [6, 6.07) is 0. The molecule has 2 aliphatic heterocycles. The number of hydrogen-bond acceptors (Lipinski definition) is 3. The van der Waals surface area contributed by atoms with E-state index in [-0.39, 0.29) is 28.6 Å². The fourth-order valence-corrected chi connectivity index (χ4v) is 4.51. The highest BCUT2D eigenvalue weighted by molar-refractivity contribution is 6.03. The summed E-state index contributed by atoms with van der Waals surface area (Å²) in [5, 5.41) is 0. The summed E-state index contributed by atoms with van der Waals surface area (Å²) < 4.78 is 0. The van der Waals surface area contributed by atoms with Crippen LogP contribution < -0.4 is 0 Å². The molecule has 0 aromatic rings. The summed E-state index contributed by atoms with van der Waals surface area (Å²) in [6.45, 7) is 8.81. The van der Waals surface area contributed by atoms with Crippen molar-refractivity contribution >= 4 is 11.8 Å². The second-order valence-electron chi connectivity index (χ2n) is 7.89. The van der Waals surface area contributed by atoms with Crippen LogP contribution in [0.25, 0.3) is 0 Å². The van der Waals surface area contributed by atoms with Crippen molar-refractivity contribution in [3.05, 3.63) is 0 Å². The highest BCUT2D eigenvalue weighted by atomic mass is 16.2. The van der Waals surface area contributed by atoms with E-state index in [2.05, 4.69) is 25.7 Å². The Morgan fingerprint density at radius 3 is 2.29 bits per heavy atom. The molecule has 4 nitrogen and oxygen atoms in total. The molecule has 118 valence electrons. The standard InChI is InChI=1S/C17H28N2O2/c1-16(2)13-8-9-17(16,3)15(21)19(14(13)20)12-18-10-6-4-5-7-11-18/h13H,4-12H2,1-3H3. The first-order valence-electron chi connectivity index (χ1n) is 8.46. The summed E-state index contributed by atoms with van der Waals surface area (Å²) in [4.78, 5) is 29.6. The van der Waals surface area contributed by atoms with Gasteiger partial charge in [0.15, 0.2) is 0 Å². The van der Waals surface area contributed by atoms with Crippen LogP contribution in [0.2, 0.25) is 0 Å². The van der Waals surface area contributed by atoms with Gasteiger partial charge < -0.3 is 0 Å². The number of hydrogen-bond donors (Lipinski definition) is 0. The molecule has 0 spiro atoms. The first-order valence-corrected chi connectivity index (χ1v) is 8.46. The first kappa shape index (κ1) is 15.0. The second kappa shape index (κ2) is 5.08. The van der Waals surface area contributed by atoms with Crippen LogP contribution in [0.4, 0.5) is 0 Å². The van der Waals surface area contributed by atoms with Gasteiger partial charge in [0.25, 0.3) is 0 Å². The molecule has 2 amide bonds. The number of fused-ring (bicyclic) bond motifs is 2. The average Bonchev–Trinajstić information content (AvgIpc) is 2.64. The van der Waals surface area contributed by atoms with Gasteiger partial charge >= 0.3 is 0 Å². The normalized spacial score (nSPS) is 36.9. The van der Waals surface area contributed by atoms with Crippen LogP contribution in [0.15, 0.2) is 0 Å². The van der Waals surface area contributed by atoms with E-state index in [1.54, 1.807) is 4.90 Å². The van der Waals surface area contributed by atoms with Crippen molar-refractivity contribution < 1.29 is 9.59 Å². The Morgan fingerprint density at radius 1 is 1.05 bits per heavy atom. The van der Waals surface area contributed by atoms with E-state index >= 15 is 0 Å². The largest absolute Gasteiger partial charge is 0.286 e. The van der Waals surface area contributed by atoms with Gasteiger partial charge in [-0.25, -0.2) is 0 Å². The van der Waals surface area contributed by atoms with E-state index in [1.165, 1.54) is 25.7 Å². The maximum Gasteiger partial charge on any atom is 0.236 e. The maximum absolute atomic E-state index is 13.0. The number of amides is 2. The van der Waals surface area contributed by atoms with Crippen LogP contribution in [0.5, 0.6) is 0 Å². The highest BCUT2D eigenvalue weighted by Gasteiger charge is 2.64. The number of nitrogens with zero attached hydrogens (tertiary/aromatic N) is 2. The number of piperidine rings is 1. The summed E-state index contributed by atoms with van der Waals surface area (Å²) in [5.41, 5.74) is -0.562. The van der Waals surface area contributed by atoms with Gasteiger partial charge in [-0.15, -0.1) is 0 Å². The summed E-state index contributed by atoms with van der Waals surface area (Å²) in [7, 11) is 0. The van der Waals surface area contributed by atoms with E-state index in [0.717, 1.165) is 25.9 Å². The second-order valence-corrected chi connectivity index (χ2v) is 7.89. The zero-order valence-corrected chi connectivity index (χ0v) is 13.7. The molecule has 0 N–H and O–H groups in total. The first-order chi connectivity index (χ1) is 9.88. The van der Waals surface area contributed by atoms with Crippen LogP contribution in [-0.2, 0) is 9.59 Å². The highest BCUT2D eigenvalue weighted by Crippen LogP contribution is 2.60. The molecular weight excluding hydrogens is 264 g/mol. The van der Waals surface area contributed by atoms with Crippen molar-refractivity contribution in [1.82, 2.24) is 9.80 Å². The number of rotatable bonds is 2. The Hall–Kier alpha value is -0.900. The third-order valence-electron chi connectivity index (χ3n) is 6.55. The molecular formula is C17H28N2O2. The lowest BCUT2D eigenvalue weighted by molar-refractivity contribution is -0.170. The molecule has 2 unspecified atom stereocenters. The van der Waals surface area contributed by atoms with Crippen molar-refractivity contribution in [2.24, 2.45) is 16.7 Å². The van der Waals surface area contributed by atoms with Gasteiger partial charge in [0.1, 0.15) is 0 Å². The molecule has 0 radical (unpaired) electrons. The fourth-order valence-electron chi connectivity index (χ4n) is 4.51. The SMILES string of the molecule is CC12CCC(C(=O)N(CN3CCCCCC3)C1=O)C2(C)C. The maximum atomic E-state index is 13.0. The molecule has 3 rings (SSSR count). The lowest BCUT2D eigenvalue weighted by atomic mass is 9.62. The van der Waals surface area contributed by atoms with Crippen LogP contribution in [0.1, 0.15) is 59.3 Å². The molecule has 3 fully saturated rings. The zero-order chi connectivity index (χ0) is 15.3. The van der Waals surface area contributed by atoms with Gasteiger partial charge in [0.05, 0.1) is 12.1 Å². The fraction of sp³-hybridized carbons (Fsp3) is 0.882. The molecule has 2 bridgehead atoms. The smallest absolute Gasteiger partial charge is 0.236 e. The minimum atomic E-state index is -0.364. The zero-order valence-electron chi connectivity index (χ0n) is 13.7. The van der Waals surface area contributed by atoms with Crippen molar-refractivity contribution in [2.45, 2.75) is 59.3 Å². The Balaban J connectivity index is 1.80. The number of likely N-dealkylation sites (tertiary alicyclic amines) is 2. The van der Waals surface area contributed by atoms with E-state index in [0.29, 0.717) is 6.67 Å². The molecule has 1 aliphatic carbocycles. The summed E-state index contributed by atoms with van der Waals surface area (Å²) in [5.74, 6) is 0.159. The van der Waals surface area contributed by atoms with Gasteiger partial charge in [0, 0.05) is 5.92 Å². The van der Waals surface area contributed by atoms with Crippen LogP contribution in [0.3, 0.4) is 0 Å². The Morgan fingerprint density at radius 2 is 1.67 bits per heavy atom. The Kier molecular flexibility index (Phi) is 3.63. The van der Waals surface area contributed by atoms with Gasteiger partial charge in [-0.05, 0) is 44.2 Å². The summed E-state index contributed by atoms with van der Waals surface area (Å²) in [6.07, 6.45) is 6.62. The van der Waals surface area contributed by atoms with Crippen molar-refractivity contribution in [3.63, 3.8) is 0 Å². The van der Waals surface area contributed by atoms with Crippen molar-refractivity contribution in [3.8, 4) is 0 Å². The van der Waals surface area contributed by atoms with Gasteiger partial charge in [0.2, 0.25) is 11.8 Å². The van der Waals surface area contributed by atoms with Gasteiger partial charge in [-0.3, -0.25) is 19.4 Å². The molecule has 2 atom stereocenters. The van der Waals surface area contributed by atoms with Crippen LogP contribution in [-0.4, -0.2) is 41.4 Å². The van der Waals surface area contributed by atoms with Gasteiger partial charge in [-0.1, -0.05) is 33.6 Å². The molecule has 2 saturated heterocycles. The predicted molar refractivity (Wildman–Crippen MR) is 81.4 cm³/mol. The van der Waals surface area contributed by atoms with Crippen molar-refractivity contribution in [1.29, 1.82) is 0 Å². The monoisotopic (exact) mass is 292 g/mol. The third kappa shape index (κ3) is 2.14. The number of carbonyl (C=O) groups excluding carboxylic acids is 2. The van der Waals surface area contributed by atoms with E-state index in [1.807, 2.05) is 0 Å². The minimum absolute atomic E-state index is 0.0205. The summed E-state index contributed by atoms with van der Waals surface area (Å²) >= 11 is 0. The van der Waals surface area contributed by atoms with Crippen molar-refractivity contribution in [2.75, 3.05) is 19.8 Å². The molecule has 3 aliphatic rings. The van der Waals surface area contributed by atoms with Crippen LogP contribution >= 0.6 is 0 Å². The quantitative estimate of drug-likeness (QED) is 0.735. The minimum Gasteiger partial charge on any atom is -0.286 e. The molecule has 0 aromatic carbocycles. The molecule has 4 heteroatoms. The van der Waals surface area contributed by atoms with E-state index < -0.39 is 0 Å².